The number of hydrogen-bond acceptors (Lipinski definition) is 12. The van der Waals surface area contributed by atoms with Crippen LogP contribution in [0, 0.1) is 17.2 Å². The van der Waals surface area contributed by atoms with Crippen molar-refractivity contribution in [3.05, 3.63) is 59.4 Å². The van der Waals surface area contributed by atoms with Gasteiger partial charge in [-0.3, -0.25) is 19.5 Å². The van der Waals surface area contributed by atoms with Gasteiger partial charge in [0, 0.05) is 82.4 Å². The van der Waals surface area contributed by atoms with Gasteiger partial charge in [0.25, 0.3) is 0 Å². The van der Waals surface area contributed by atoms with E-state index in [0.29, 0.717) is 53.2 Å². The number of amides is 2. The van der Waals surface area contributed by atoms with Gasteiger partial charge in [0.1, 0.15) is 29.8 Å². The van der Waals surface area contributed by atoms with Crippen molar-refractivity contribution >= 4 is 41.4 Å². The molecular formula is C36H45N9O4S. The lowest BCUT2D eigenvalue weighted by Gasteiger charge is -2.39. The van der Waals surface area contributed by atoms with E-state index < -0.39 is 0 Å². The Labute approximate surface area is 297 Å². The highest BCUT2D eigenvalue weighted by Crippen LogP contribution is 2.29. The standard InChI is InChI=1S/C36H45N9O4S/c1-25(47)39-29-8-6-27(7-9-29)34-32(20-37)35(38)42-36(41-34)50-24-30-5-3-4-28(40-30)10-11-33(48)45-18-16-44(17-19-45)21-26-12-14-43(15-13-26)22-31(23-46)49-2/h3-9,23,26,31H,10-19,21-22,24H2,1-2H3,(H,39,47)(H2,38,41,42). The third-order valence-electron chi connectivity index (χ3n) is 9.16. The first kappa shape index (κ1) is 36.9. The first-order valence-corrected chi connectivity index (χ1v) is 18.0. The van der Waals surface area contributed by atoms with Crippen molar-refractivity contribution in [2.45, 2.75) is 49.6 Å². The number of hydrogen-bond donors (Lipinski definition) is 2. The van der Waals surface area contributed by atoms with Gasteiger partial charge in [-0.25, -0.2) is 9.97 Å². The molecule has 1 atom stereocenters. The maximum Gasteiger partial charge on any atom is 0.223 e. The molecule has 4 heterocycles. The topological polar surface area (TPSA) is 171 Å². The zero-order chi connectivity index (χ0) is 35.5. The number of rotatable bonds is 14. The number of aromatic nitrogens is 3. The molecule has 50 heavy (non-hydrogen) atoms. The molecule has 2 aliphatic rings. The van der Waals surface area contributed by atoms with Crippen LogP contribution >= 0.6 is 11.8 Å². The summed E-state index contributed by atoms with van der Waals surface area (Å²) < 4.78 is 5.21. The molecule has 2 saturated heterocycles. The number of nitrogens with two attached hydrogens (primary N) is 1. The summed E-state index contributed by atoms with van der Waals surface area (Å²) in [7, 11) is 1.58. The molecule has 5 rings (SSSR count). The SMILES string of the molecule is COC(C=O)CN1CCC(CN2CCN(C(=O)CCc3cccc(CSc4nc(N)c(C#N)c(-c5ccc(NC(C)=O)cc5)n4)n3)CC2)CC1. The molecule has 0 aliphatic carbocycles. The number of carbonyl (C=O) groups is 3. The minimum atomic E-state index is -0.351. The monoisotopic (exact) mass is 699 g/mol. The van der Waals surface area contributed by atoms with Crippen molar-refractivity contribution in [2.24, 2.45) is 5.92 Å². The number of ether oxygens (including phenoxy) is 1. The molecule has 13 nitrogen and oxygen atoms in total. The van der Waals surface area contributed by atoms with Gasteiger partial charge in [-0.1, -0.05) is 30.0 Å². The Kier molecular flexibility index (Phi) is 13.3. The third-order valence-corrected chi connectivity index (χ3v) is 10.0. The van der Waals surface area contributed by atoms with E-state index in [4.69, 9.17) is 15.5 Å². The Morgan fingerprint density at radius 1 is 1.04 bits per heavy atom. The number of piperidine rings is 1. The minimum Gasteiger partial charge on any atom is -0.382 e. The van der Waals surface area contributed by atoms with Gasteiger partial charge in [-0.2, -0.15) is 5.26 Å². The summed E-state index contributed by atoms with van der Waals surface area (Å²) in [4.78, 5) is 56.1. The molecule has 1 unspecified atom stereocenters. The summed E-state index contributed by atoms with van der Waals surface area (Å²) in [6.07, 6.45) is 3.73. The number of pyridine rings is 1. The van der Waals surface area contributed by atoms with Gasteiger partial charge in [0.15, 0.2) is 5.16 Å². The highest BCUT2D eigenvalue weighted by molar-refractivity contribution is 7.98. The summed E-state index contributed by atoms with van der Waals surface area (Å²) >= 11 is 1.37. The Morgan fingerprint density at radius 3 is 2.42 bits per heavy atom. The molecule has 3 aromatic rings. The Hall–Kier alpha value is -4.42. The van der Waals surface area contributed by atoms with Crippen molar-refractivity contribution < 1.29 is 19.1 Å². The number of anilines is 2. The number of carbonyl (C=O) groups excluding carboxylic acids is 3. The van der Waals surface area contributed by atoms with E-state index >= 15 is 0 Å². The van der Waals surface area contributed by atoms with E-state index in [-0.39, 0.29) is 29.3 Å². The molecule has 2 aromatic heterocycles. The average molecular weight is 700 g/mol. The Morgan fingerprint density at radius 2 is 1.76 bits per heavy atom. The molecule has 0 bridgehead atoms. The van der Waals surface area contributed by atoms with Crippen LogP contribution in [0.25, 0.3) is 11.3 Å². The molecule has 0 radical (unpaired) electrons. The van der Waals surface area contributed by atoms with Gasteiger partial charge in [0.2, 0.25) is 11.8 Å². The number of piperazine rings is 1. The Balaban J connectivity index is 1.07. The Bertz CT molecular complexity index is 1670. The van der Waals surface area contributed by atoms with Crippen LogP contribution in [0.15, 0.2) is 47.6 Å². The van der Waals surface area contributed by atoms with Crippen molar-refractivity contribution in [1.29, 1.82) is 5.26 Å². The second-order valence-electron chi connectivity index (χ2n) is 12.7. The molecule has 14 heteroatoms. The van der Waals surface area contributed by atoms with Gasteiger partial charge in [-0.05, 0) is 62.5 Å². The largest absolute Gasteiger partial charge is 0.382 e. The second-order valence-corrected chi connectivity index (χ2v) is 13.7. The molecule has 1 aromatic carbocycles. The first-order chi connectivity index (χ1) is 24.2. The van der Waals surface area contributed by atoms with Crippen LogP contribution in [0.2, 0.25) is 0 Å². The number of nitrogens with zero attached hydrogens (tertiary/aromatic N) is 7. The average Bonchev–Trinajstić information content (AvgIpc) is 3.13. The molecule has 2 fully saturated rings. The number of benzene rings is 1. The maximum absolute atomic E-state index is 13.1. The lowest BCUT2D eigenvalue weighted by molar-refractivity contribution is -0.133. The number of methoxy groups -OCH3 is 1. The molecular weight excluding hydrogens is 655 g/mol. The summed E-state index contributed by atoms with van der Waals surface area (Å²) in [5, 5.41) is 12.9. The highest BCUT2D eigenvalue weighted by Gasteiger charge is 2.26. The molecule has 0 saturated carbocycles. The fraction of sp³-hybridized carbons (Fsp3) is 0.472. The predicted octanol–water partition coefficient (Wildman–Crippen LogP) is 3.25. The van der Waals surface area contributed by atoms with Crippen molar-refractivity contribution in [1.82, 2.24) is 29.7 Å². The lowest BCUT2D eigenvalue weighted by Crippen LogP contribution is -2.50. The fourth-order valence-corrected chi connectivity index (χ4v) is 7.12. The second kappa shape index (κ2) is 18.0. The van der Waals surface area contributed by atoms with Gasteiger partial charge in [-0.15, -0.1) is 0 Å². The van der Waals surface area contributed by atoms with Crippen LogP contribution in [-0.2, 0) is 31.3 Å². The summed E-state index contributed by atoms with van der Waals surface area (Å²) in [5.41, 5.74) is 9.77. The van der Waals surface area contributed by atoms with E-state index in [9.17, 15) is 19.6 Å². The number of aldehydes is 1. The van der Waals surface area contributed by atoms with Crippen LogP contribution in [0.4, 0.5) is 11.5 Å². The molecule has 2 amide bonds. The van der Waals surface area contributed by atoms with Crippen molar-refractivity contribution in [3.63, 3.8) is 0 Å². The van der Waals surface area contributed by atoms with Crippen LogP contribution in [-0.4, -0.2) is 113 Å². The highest BCUT2D eigenvalue weighted by atomic mass is 32.2. The smallest absolute Gasteiger partial charge is 0.223 e. The van der Waals surface area contributed by atoms with Crippen LogP contribution in [0.1, 0.15) is 43.1 Å². The first-order valence-electron chi connectivity index (χ1n) is 17.0. The van der Waals surface area contributed by atoms with Crippen LogP contribution in [0.3, 0.4) is 0 Å². The van der Waals surface area contributed by atoms with Gasteiger partial charge < -0.3 is 30.4 Å². The fourth-order valence-electron chi connectivity index (χ4n) is 6.36. The van der Waals surface area contributed by atoms with Crippen molar-refractivity contribution in [2.75, 3.05) is 70.5 Å². The molecule has 0 spiro atoms. The number of thioether (sulfide) groups is 1. The summed E-state index contributed by atoms with van der Waals surface area (Å²) in [6.45, 7) is 8.39. The summed E-state index contributed by atoms with van der Waals surface area (Å²) in [6, 6.07) is 15.0. The third kappa shape index (κ3) is 10.3. The van der Waals surface area contributed by atoms with E-state index in [1.165, 1.54) is 18.7 Å². The normalized spacial score (nSPS) is 16.5. The number of nitrogen functional groups attached to an aromatic ring is 1. The maximum atomic E-state index is 13.1. The lowest BCUT2D eigenvalue weighted by atomic mass is 9.95. The van der Waals surface area contributed by atoms with E-state index in [1.807, 2.05) is 23.1 Å². The van der Waals surface area contributed by atoms with Gasteiger partial charge in [0.05, 0.1) is 11.4 Å². The van der Waals surface area contributed by atoms with Crippen molar-refractivity contribution in [3.8, 4) is 17.3 Å². The summed E-state index contributed by atoms with van der Waals surface area (Å²) in [5.74, 6) is 1.21. The van der Waals surface area contributed by atoms with E-state index in [1.54, 1.807) is 31.4 Å². The van der Waals surface area contributed by atoms with E-state index in [0.717, 1.165) is 76.3 Å². The predicted molar refractivity (Wildman–Crippen MR) is 192 cm³/mol. The zero-order valence-corrected chi connectivity index (χ0v) is 29.5. The van der Waals surface area contributed by atoms with Gasteiger partial charge >= 0.3 is 0 Å². The minimum absolute atomic E-state index is 0.0979. The number of aryl methyl sites for hydroxylation is 1. The number of nitriles is 1. The van der Waals surface area contributed by atoms with E-state index in [2.05, 4.69) is 31.2 Å². The zero-order valence-electron chi connectivity index (χ0n) is 28.7. The quantitative estimate of drug-likeness (QED) is 0.143. The number of nitrogens with one attached hydrogen (secondary N) is 1. The van der Waals surface area contributed by atoms with Crippen LogP contribution < -0.4 is 11.1 Å². The molecule has 2 aliphatic heterocycles. The molecule has 3 N–H and O–H groups in total. The van der Waals surface area contributed by atoms with Crippen LogP contribution in [0.5, 0.6) is 0 Å². The molecule has 264 valence electrons. The number of likely N-dealkylation sites (tertiary alicyclic amines) is 1.